The molecule has 96 valence electrons. The predicted octanol–water partition coefficient (Wildman–Crippen LogP) is 4.47. The molecule has 1 aromatic heterocycles. The maximum Gasteiger partial charge on any atom is 0.0450 e. The second-order valence-electron chi connectivity index (χ2n) is 5.06. The fourth-order valence-electron chi connectivity index (χ4n) is 1.90. The third-order valence-corrected chi connectivity index (χ3v) is 4.63. The Kier molecular flexibility index (Phi) is 4.44. The van der Waals surface area contributed by atoms with Gasteiger partial charge in [0.2, 0.25) is 0 Å². The van der Waals surface area contributed by atoms with Crippen LogP contribution in [0.3, 0.4) is 0 Å². The van der Waals surface area contributed by atoms with E-state index < -0.39 is 0 Å². The summed E-state index contributed by atoms with van der Waals surface area (Å²) in [6.45, 7) is 6.28. The van der Waals surface area contributed by atoms with Crippen molar-refractivity contribution < 1.29 is 0 Å². The van der Waals surface area contributed by atoms with Crippen molar-refractivity contribution in [1.82, 2.24) is 5.32 Å². The van der Waals surface area contributed by atoms with Crippen molar-refractivity contribution in [3.8, 4) is 0 Å². The normalized spacial score (nSPS) is 11.7. The molecule has 3 heteroatoms. The van der Waals surface area contributed by atoms with Crippen LogP contribution in [0.1, 0.15) is 24.3 Å². The minimum absolute atomic E-state index is 0.162. The van der Waals surface area contributed by atoms with E-state index in [0.717, 1.165) is 23.7 Å². The molecule has 0 amide bonds. The van der Waals surface area contributed by atoms with Gasteiger partial charge < -0.3 is 5.32 Å². The van der Waals surface area contributed by atoms with E-state index in [1.165, 1.54) is 4.88 Å². The number of benzene rings is 1. The van der Waals surface area contributed by atoms with Gasteiger partial charge >= 0.3 is 0 Å². The van der Waals surface area contributed by atoms with E-state index in [0.29, 0.717) is 0 Å². The summed E-state index contributed by atoms with van der Waals surface area (Å²) in [7, 11) is 0. The molecule has 0 bridgehead atoms. The van der Waals surface area contributed by atoms with Gasteiger partial charge in [-0.1, -0.05) is 49.7 Å². The highest BCUT2D eigenvalue weighted by Gasteiger charge is 2.20. The van der Waals surface area contributed by atoms with Gasteiger partial charge in [0.05, 0.1) is 0 Å². The average molecular weight is 280 g/mol. The van der Waals surface area contributed by atoms with Crippen molar-refractivity contribution in [3.05, 3.63) is 57.2 Å². The van der Waals surface area contributed by atoms with Gasteiger partial charge in [0, 0.05) is 28.4 Å². The zero-order valence-electron chi connectivity index (χ0n) is 10.7. The zero-order chi connectivity index (χ0) is 13.0. The van der Waals surface area contributed by atoms with Crippen molar-refractivity contribution in [1.29, 1.82) is 0 Å². The smallest absolute Gasteiger partial charge is 0.0450 e. The Hall–Kier alpha value is -0.830. The molecule has 1 aromatic carbocycles. The summed E-state index contributed by atoms with van der Waals surface area (Å²) in [5.41, 5.74) is 1.32. The van der Waals surface area contributed by atoms with Crippen molar-refractivity contribution >= 4 is 22.9 Å². The maximum atomic E-state index is 6.14. The third-order valence-electron chi connectivity index (χ3n) is 3.03. The molecule has 0 radical (unpaired) electrons. The van der Waals surface area contributed by atoms with Gasteiger partial charge in [-0.2, -0.15) is 0 Å². The van der Waals surface area contributed by atoms with Gasteiger partial charge in [-0.15, -0.1) is 11.3 Å². The number of hydrogen-bond donors (Lipinski definition) is 1. The first-order valence-electron chi connectivity index (χ1n) is 6.08. The van der Waals surface area contributed by atoms with Crippen molar-refractivity contribution in [2.75, 3.05) is 6.54 Å². The SMILES string of the molecule is CC(C)(CNCc1ccccc1Cl)c1cccs1. The lowest BCUT2D eigenvalue weighted by Crippen LogP contribution is -2.31. The fraction of sp³-hybridized carbons (Fsp3) is 0.333. The zero-order valence-corrected chi connectivity index (χ0v) is 12.3. The summed E-state index contributed by atoms with van der Waals surface area (Å²) in [5, 5.41) is 6.46. The van der Waals surface area contributed by atoms with Crippen molar-refractivity contribution in [2.24, 2.45) is 0 Å². The Labute approximate surface area is 118 Å². The molecule has 0 saturated heterocycles. The average Bonchev–Trinajstić information content (AvgIpc) is 2.86. The molecule has 1 heterocycles. The van der Waals surface area contributed by atoms with Crippen LogP contribution in [0.2, 0.25) is 5.02 Å². The Morgan fingerprint density at radius 1 is 1.17 bits per heavy atom. The second-order valence-corrected chi connectivity index (χ2v) is 6.41. The van der Waals surface area contributed by atoms with E-state index in [1.54, 1.807) is 0 Å². The highest BCUT2D eigenvalue weighted by molar-refractivity contribution is 7.10. The van der Waals surface area contributed by atoms with Gasteiger partial charge in [-0.25, -0.2) is 0 Å². The van der Waals surface area contributed by atoms with Crippen molar-refractivity contribution in [2.45, 2.75) is 25.8 Å². The molecule has 2 aromatic rings. The maximum absolute atomic E-state index is 6.14. The topological polar surface area (TPSA) is 12.0 Å². The molecule has 1 N–H and O–H groups in total. The lowest BCUT2D eigenvalue weighted by atomic mass is 9.91. The number of rotatable bonds is 5. The van der Waals surface area contributed by atoms with Crippen molar-refractivity contribution in [3.63, 3.8) is 0 Å². The van der Waals surface area contributed by atoms with Crippen LogP contribution < -0.4 is 5.32 Å². The number of halogens is 1. The number of thiophene rings is 1. The monoisotopic (exact) mass is 279 g/mol. The summed E-state index contributed by atoms with van der Waals surface area (Å²) in [6, 6.07) is 12.3. The van der Waals surface area contributed by atoms with E-state index in [2.05, 4.69) is 42.7 Å². The molecule has 2 rings (SSSR count). The minimum Gasteiger partial charge on any atom is -0.312 e. The van der Waals surface area contributed by atoms with Gasteiger partial charge in [0.25, 0.3) is 0 Å². The highest BCUT2D eigenvalue weighted by Crippen LogP contribution is 2.26. The lowest BCUT2D eigenvalue weighted by Gasteiger charge is -2.24. The quantitative estimate of drug-likeness (QED) is 0.851. The Balaban J connectivity index is 1.91. The first-order chi connectivity index (χ1) is 8.59. The molecule has 0 spiro atoms. The standard InChI is InChI=1S/C15H18ClNS/c1-15(2,14-8-5-9-18-14)11-17-10-12-6-3-4-7-13(12)16/h3-9,17H,10-11H2,1-2H3. The predicted molar refractivity (Wildman–Crippen MR) is 80.5 cm³/mol. The highest BCUT2D eigenvalue weighted by atomic mass is 35.5. The van der Waals surface area contributed by atoms with E-state index in [9.17, 15) is 0 Å². The third kappa shape index (κ3) is 3.35. The van der Waals surface area contributed by atoms with E-state index in [-0.39, 0.29) is 5.41 Å². The summed E-state index contributed by atoms with van der Waals surface area (Å²) < 4.78 is 0. The van der Waals surface area contributed by atoms with Gasteiger partial charge in [0.1, 0.15) is 0 Å². The molecule has 0 atom stereocenters. The number of hydrogen-bond acceptors (Lipinski definition) is 2. The van der Waals surface area contributed by atoms with Gasteiger partial charge in [-0.05, 0) is 23.1 Å². The van der Waals surface area contributed by atoms with Crippen LogP contribution in [0, 0.1) is 0 Å². The van der Waals surface area contributed by atoms with Crippen LogP contribution in [-0.4, -0.2) is 6.54 Å². The molecule has 0 unspecified atom stereocenters. The number of nitrogens with one attached hydrogen (secondary N) is 1. The summed E-state index contributed by atoms with van der Waals surface area (Å²) >= 11 is 7.95. The Bertz CT molecular complexity index is 491. The summed E-state index contributed by atoms with van der Waals surface area (Å²) in [4.78, 5) is 1.41. The molecule has 0 aliphatic carbocycles. The molecule has 0 aliphatic heterocycles. The van der Waals surface area contributed by atoms with E-state index in [1.807, 2.05) is 29.5 Å². The van der Waals surface area contributed by atoms with Gasteiger partial charge in [-0.3, -0.25) is 0 Å². The second kappa shape index (κ2) is 5.87. The molecule has 0 aliphatic rings. The van der Waals surface area contributed by atoms with Crippen LogP contribution in [0.4, 0.5) is 0 Å². The molecule has 1 nitrogen and oxygen atoms in total. The Morgan fingerprint density at radius 3 is 2.61 bits per heavy atom. The summed E-state index contributed by atoms with van der Waals surface area (Å²) in [5.74, 6) is 0. The van der Waals surface area contributed by atoms with Crippen LogP contribution in [0.25, 0.3) is 0 Å². The minimum atomic E-state index is 0.162. The van der Waals surface area contributed by atoms with E-state index >= 15 is 0 Å². The molecule has 0 fully saturated rings. The first-order valence-corrected chi connectivity index (χ1v) is 7.33. The molecule has 18 heavy (non-hydrogen) atoms. The molecular formula is C15H18ClNS. The molecular weight excluding hydrogens is 262 g/mol. The van der Waals surface area contributed by atoms with Crippen LogP contribution in [0.5, 0.6) is 0 Å². The van der Waals surface area contributed by atoms with Gasteiger partial charge in [0.15, 0.2) is 0 Å². The first kappa shape index (κ1) is 13.6. The largest absolute Gasteiger partial charge is 0.312 e. The Morgan fingerprint density at radius 2 is 1.94 bits per heavy atom. The molecule has 0 saturated carbocycles. The van der Waals surface area contributed by atoms with Crippen LogP contribution >= 0.6 is 22.9 Å². The summed E-state index contributed by atoms with van der Waals surface area (Å²) in [6.07, 6.45) is 0. The van der Waals surface area contributed by atoms with E-state index in [4.69, 9.17) is 11.6 Å². The lowest BCUT2D eigenvalue weighted by molar-refractivity contribution is 0.477. The van der Waals surface area contributed by atoms with Crippen LogP contribution in [-0.2, 0) is 12.0 Å². The van der Waals surface area contributed by atoms with Crippen LogP contribution in [0.15, 0.2) is 41.8 Å². The fourth-order valence-corrected chi connectivity index (χ4v) is 2.96.